The van der Waals surface area contributed by atoms with Gasteiger partial charge in [0.2, 0.25) is 0 Å². The van der Waals surface area contributed by atoms with Crippen molar-refractivity contribution in [1.29, 1.82) is 0 Å². The topological polar surface area (TPSA) is 52.6 Å². The molecule has 1 heterocycles. The standard InChI is InChI=1S/C21H32N2O2/c1-21(2,3)15-10-11-16(20(24)25)18(14-15)22-17-8-4-5-9-19(17)23-12-6-7-13-23/h10-11,14,17,19,22H,4-9,12-13H2,1-3H3,(H,24,25)/t17-,19-/m0/s1. The molecule has 0 amide bonds. The van der Waals surface area contributed by atoms with Gasteiger partial charge in [-0.3, -0.25) is 4.90 Å². The number of anilines is 1. The summed E-state index contributed by atoms with van der Waals surface area (Å²) in [5.74, 6) is -0.850. The second kappa shape index (κ2) is 7.36. The van der Waals surface area contributed by atoms with Gasteiger partial charge >= 0.3 is 5.97 Å². The fraction of sp³-hybridized carbons (Fsp3) is 0.667. The van der Waals surface area contributed by atoms with Crippen molar-refractivity contribution in [3.8, 4) is 0 Å². The van der Waals surface area contributed by atoms with Crippen molar-refractivity contribution in [2.75, 3.05) is 18.4 Å². The summed E-state index contributed by atoms with van der Waals surface area (Å²) in [6.45, 7) is 8.88. The lowest BCUT2D eigenvalue weighted by atomic mass is 9.85. The van der Waals surface area contributed by atoms with E-state index in [0.717, 1.165) is 12.1 Å². The molecular formula is C21H32N2O2. The van der Waals surface area contributed by atoms with E-state index in [1.54, 1.807) is 6.07 Å². The van der Waals surface area contributed by atoms with E-state index in [2.05, 4.69) is 37.1 Å². The number of hydrogen-bond donors (Lipinski definition) is 2. The van der Waals surface area contributed by atoms with Crippen molar-refractivity contribution < 1.29 is 9.90 Å². The Hall–Kier alpha value is -1.55. The predicted molar refractivity (Wildman–Crippen MR) is 103 cm³/mol. The molecule has 2 N–H and O–H groups in total. The Kier molecular flexibility index (Phi) is 5.38. The lowest BCUT2D eigenvalue weighted by Crippen LogP contribution is -2.47. The normalized spacial score (nSPS) is 25.1. The van der Waals surface area contributed by atoms with E-state index < -0.39 is 5.97 Å². The highest BCUT2D eigenvalue weighted by Crippen LogP contribution is 2.32. The van der Waals surface area contributed by atoms with Crippen LogP contribution in [0.5, 0.6) is 0 Å². The Bertz CT molecular complexity index is 615. The number of carboxylic acids is 1. The first kappa shape index (κ1) is 18.2. The number of carbonyl (C=O) groups is 1. The van der Waals surface area contributed by atoms with Crippen LogP contribution in [0.15, 0.2) is 18.2 Å². The van der Waals surface area contributed by atoms with Gasteiger partial charge in [-0.15, -0.1) is 0 Å². The maximum absolute atomic E-state index is 11.7. The van der Waals surface area contributed by atoms with Gasteiger partial charge in [-0.05, 0) is 61.9 Å². The van der Waals surface area contributed by atoms with E-state index in [1.807, 2.05) is 6.07 Å². The van der Waals surface area contributed by atoms with Crippen LogP contribution in [-0.2, 0) is 5.41 Å². The Morgan fingerprint density at radius 1 is 1.12 bits per heavy atom. The molecule has 0 spiro atoms. The largest absolute Gasteiger partial charge is 0.478 e. The smallest absolute Gasteiger partial charge is 0.337 e. The van der Waals surface area contributed by atoms with E-state index in [0.29, 0.717) is 17.6 Å². The molecule has 0 bridgehead atoms. The molecule has 1 saturated carbocycles. The second-order valence-corrected chi connectivity index (χ2v) is 8.66. The summed E-state index contributed by atoms with van der Waals surface area (Å²) in [5, 5.41) is 13.3. The number of benzene rings is 1. The number of aromatic carboxylic acids is 1. The summed E-state index contributed by atoms with van der Waals surface area (Å²) >= 11 is 0. The van der Waals surface area contributed by atoms with Crippen molar-refractivity contribution in [2.24, 2.45) is 0 Å². The average Bonchev–Trinajstić information content (AvgIpc) is 3.08. The first-order chi connectivity index (χ1) is 11.9. The molecule has 1 saturated heterocycles. The van der Waals surface area contributed by atoms with Gasteiger partial charge in [-0.2, -0.15) is 0 Å². The molecule has 3 rings (SSSR count). The van der Waals surface area contributed by atoms with Crippen molar-refractivity contribution in [3.05, 3.63) is 29.3 Å². The van der Waals surface area contributed by atoms with Gasteiger partial charge in [-0.25, -0.2) is 4.79 Å². The highest BCUT2D eigenvalue weighted by atomic mass is 16.4. The lowest BCUT2D eigenvalue weighted by Gasteiger charge is -2.39. The summed E-state index contributed by atoms with van der Waals surface area (Å²) in [4.78, 5) is 14.3. The average molecular weight is 344 g/mol. The third kappa shape index (κ3) is 4.17. The molecule has 0 unspecified atom stereocenters. The molecule has 2 atom stereocenters. The van der Waals surface area contributed by atoms with Crippen LogP contribution < -0.4 is 5.32 Å². The molecule has 25 heavy (non-hydrogen) atoms. The van der Waals surface area contributed by atoms with E-state index in [9.17, 15) is 9.90 Å². The molecular weight excluding hydrogens is 312 g/mol. The van der Waals surface area contributed by atoms with Gasteiger partial charge in [0.05, 0.1) is 5.56 Å². The Morgan fingerprint density at radius 2 is 1.80 bits per heavy atom. The van der Waals surface area contributed by atoms with Crippen LogP contribution >= 0.6 is 0 Å². The van der Waals surface area contributed by atoms with Crippen LogP contribution in [0.1, 0.15) is 75.2 Å². The van der Waals surface area contributed by atoms with E-state index in [-0.39, 0.29) is 5.41 Å². The molecule has 0 radical (unpaired) electrons. The minimum atomic E-state index is -0.850. The monoisotopic (exact) mass is 344 g/mol. The van der Waals surface area contributed by atoms with Crippen LogP contribution in [0.3, 0.4) is 0 Å². The molecule has 4 nitrogen and oxygen atoms in total. The number of carboxylic acid groups (broad SMARTS) is 1. The first-order valence-corrected chi connectivity index (χ1v) is 9.74. The van der Waals surface area contributed by atoms with Crippen molar-refractivity contribution in [1.82, 2.24) is 4.90 Å². The number of likely N-dealkylation sites (tertiary alicyclic amines) is 1. The zero-order valence-electron chi connectivity index (χ0n) is 15.8. The third-order valence-electron chi connectivity index (χ3n) is 5.80. The minimum Gasteiger partial charge on any atom is -0.478 e. The molecule has 0 aromatic heterocycles. The molecule has 1 aliphatic heterocycles. The summed E-state index contributed by atoms with van der Waals surface area (Å²) in [5.41, 5.74) is 2.36. The zero-order chi connectivity index (χ0) is 18.0. The minimum absolute atomic E-state index is 0.00832. The van der Waals surface area contributed by atoms with Crippen LogP contribution in [0.2, 0.25) is 0 Å². The van der Waals surface area contributed by atoms with Gasteiger partial charge < -0.3 is 10.4 Å². The molecule has 1 aromatic rings. The van der Waals surface area contributed by atoms with Gasteiger partial charge in [0.25, 0.3) is 0 Å². The SMILES string of the molecule is CC(C)(C)c1ccc(C(=O)O)c(N[C@H]2CCCC[C@@H]2N2CCCC2)c1. The molecule has 138 valence electrons. The number of nitrogens with one attached hydrogen (secondary N) is 1. The Morgan fingerprint density at radius 3 is 2.44 bits per heavy atom. The quantitative estimate of drug-likeness (QED) is 0.844. The summed E-state index contributed by atoms with van der Waals surface area (Å²) < 4.78 is 0. The molecule has 4 heteroatoms. The highest BCUT2D eigenvalue weighted by molar-refractivity contribution is 5.94. The number of hydrogen-bond acceptors (Lipinski definition) is 3. The number of rotatable bonds is 4. The van der Waals surface area contributed by atoms with Crippen LogP contribution in [0.4, 0.5) is 5.69 Å². The van der Waals surface area contributed by atoms with Crippen LogP contribution in [-0.4, -0.2) is 41.1 Å². The Balaban J connectivity index is 1.87. The van der Waals surface area contributed by atoms with Crippen LogP contribution in [0.25, 0.3) is 0 Å². The lowest BCUT2D eigenvalue weighted by molar-refractivity contribution is 0.0697. The molecule has 1 aromatic carbocycles. The third-order valence-corrected chi connectivity index (χ3v) is 5.80. The van der Waals surface area contributed by atoms with Crippen LogP contribution in [0, 0.1) is 0 Å². The molecule has 1 aliphatic carbocycles. The van der Waals surface area contributed by atoms with Crippen molar-refractivity contribution >= 4 is 11.7 Å². The fourth-order valence-corrected chi connectivity index (χ4v) is 4.31. The summed E-state index contributed by atoms with van der Waals surface area (Å²) in [6.07, 6.45) is 7.45. The highest BCUT2D eigenvalue weighted by Gasteiger charge is 2.32. The maximum atomic E-state index is 11.7. The van der Waals surface area contributed by atoms with E-state index in [1.165, 1.54) is 50.8 Å². The molecule has 2 fully saturated rings. The van der Waals surface area contributed by atoms with E-state index >= 15 is 0 Å². The molecule has 2 aliphatic rings. The maximum Gasteiger partial charge on any atom is 0.337 e. The van der Waals surface area contributed by atoms with Crippen molar-refractivity contribution in [2.45, 2.75) is 76.8 Å². The van der Waals surface area contributed by atoms with Gasteiger partial charge in [0.15, 0.2) is 0 Å². The Labute approximate surface area is 151 Å². The zero-order valence-corrected chi connectivity index (χ0v) is 15.8. The predicted octanol–water partition coefficient (Wildman–Crippen LogP) is 4.50. The van der Waals surface area contributed by atoms with Gasteiger partial charge in [0, 0.05) is 17.8 Å². The fourth-order valence-electron chi connectivity index (χ4n) is 4.31. The first-order valence-electron chi connectivity index (χ1n) is 9.74. The van der Waals surface area contributed by atoms with Crippen molar-refractivity contribution in [3.63, 3.8) is 0 Å². The van der Waals surface area contributed by atoms with Gasteiger partial charge in [0.1, 0.15) is 0 Å². The summed E-state index contributed by atoms with van der Waals surface area (Å²) in [7, 11) is 0. The van der Waals surface area contributed by atoms with Gasteiger partial charge in [-0.1, -0.05) is 39.7 Å². The second-order valence-electron chi connectivity index (χ2n) is 8.66. The number of nitrogens with zero attached hydrogens (tertiary/aromatic N) is 1. The summed E-state index contributed by atoms with van der Waals surface area (Å²) in [6, 6.07) is 6.65. The van der Waals surface area contributed by atoms with E-state index in [4.69, 9.17) is 0 Å².